The molecule has 0 unspecified atom stereocenters. The van der Waals surface area contributed by atoms with Crippen molar-refractivity contribution in [3.63, 3.8) is 0 Å². The van der Waals surface area contributed by atoms with Gasteiger partial charge in [-0.25, -0.2) is 4.79 Å². The van der Waals surface area contributed by atoms with Crippen LogP contribution in [-0.4, -0.2) is 65.4 Å². The van der Waals surface area contributed by atoms with Crippen LogP contribution in [0.2, 0.25) is 0 Å². The molecule has 1 fully saturated rings. The summed E-state index contributed by atoms with van der Waals surface area (Å²) in [4.78, 5) is 47.6. The summed E-state index contributed by atoms with van der Waals surface area (Å²) >= 11 is 0. The van der Waals surface area contributed by atoms with Gasteiger partial charge in [-0.2, -0.15) is 0 Å². The molecule has 0 aromatic carbocycles. The second kappa shape index (κ2) is 9.21. The lowest BCUT2D eigenvalue weighted by atomic mass is 10.0. The van der Waals surface area contributed by atoms with E-state index in [1.807, 2.05) is 13.8 Å². The predicted molar refractivity (Wildman–Crippen MR) is 85.8 cm³/mol. The molecule has 0 aromatic heterocycles. The molecule has 2 atom stereocenters. The van der Waals surface area contributed by atoms with E-state index in [0.29, 0.717) is 25.8 Å². The van der Waals surface area contributed by atoms with Gasteiger partial charge in [0.1, 0.15) is 6.04 Å². The maximum absolute atomic E-state index is 12.0. The third kappa shape index (κ3) is 6.15. The molecule has 0 aromatic rings. The Bertz CT molecular complexity index is 494. The number of nitrogens with two attached hydrogens (primary N) is 1. The molecule has 0 saturated carbocycles. The van der Waals surface area contributed by atoms with Crippen LogP contribution < -0.4 is 16.4 Å². The maximum atomic E-state index is 12.0. The molecule has 0 aliphatic carbocycles. The second-order valence-corrected chi connectivity index (χ2v) is 6.31. The van der Waals surface area contributed by atoms with Crippen LogP contribution in [0, 0.1) is 5.92 Å². The van der Waals surface area contributed by atoms with E-state index in [0.717, 1.165) is 0 Å². The standard InChI is InChI=1S/C15H26N4O5/c1-9(2)6-10(16)14(22)18-7-12(20)17-8-13(21)19-5-3-4-11(19)15(23)24/h9-11H,3-8,16H2,1-2H3,(H,17,20)(H,18,22)(H,23,24)/t10-,11-/m0/s1. The van der Waals surface area contributed by atoms with E-state index in [1.54, 1.807) is 0 Å². The highest BCUT2D eigenvalue weighted by molar-refractivity contribution is 5.90. The Balaban J connectivity index is 2.32. The summed E-state index contributed by atoms with van der Waals surface area (Å²) in [5.41, 5.74) is 5.69. The lowest BCUT2D eigenvalue weighted by Gasteiger charge is -2.21. The average Bonchev–Trinajstić information content (AvgIpc) is 2.99. The molecule has 0 bridgehead atoms. The summed E-state index contributed by atoms with van der Waals surface area (Å²) in [7, 11) is 0. The molecule has 9 heteroatoms. The number of carbonyl (C=O) groups is 4. The zero-order valence-electron chi connectivity index (χ0n) is 14.1. The van der Waals surface area contributed by atoms with Crippen molar-refractivity contribution in [1.82, 2.24) is 15.5 Å². The number of carboxylic acids is 1. The zero-order chi connectivity index (χ0) is 18.3. The Morgan fingerprint density at radius 1 is 1.21 bits per heavy atom. The Morgan fingerprint density at radius 2 is 1.88 bits per heavy atom. The molecule has 24 heavy (non-hydrogen) atoms. The van der Waals surface area contributed by atoms with Gasteiger partial charge in [0, 0.05) is 6.54 Å². The topological polar surface area (TPSA) is 142 Å². The van der Waals surface area contributed by atoms with Gasteiger partial charge >= 0.3 is 5.97 Å². The van der Waals surface area contributed by atoms with Crippen LogP contribution >= 0.6 is 0 Å². The normalized spacial score (nSPS) is 18.3. The first-order valence-electron chi connectivity index (χ1n) is 8.04. The third-order valence-electron chi connectivity index (χ3n) is 3.78. The fourth-order valence-corrected chi connectivity index (χ4v) is 2.57. The van der Waals surface area contributed by atoms with E-state index >= 15 is 0 Å². The number of carboxylic acid groups (broad SMARTS) is 1. The first kappa shape index (κ1) is 19.9. The summed E-state index contributed by atoms with van der Waals surface area (Å²) in [5, 5.41) is 13.8. The van der Waals surface area contributed by atoms with Gasteiger partial charge in [0.2, 0.25) is 17.7 Å². The summed E-state index contributed by atoms with van der Waals surface area (Å²) in [6, 6.07) is -1.51. The molecule has 1 rings (SSSR count). The van der Waals surface area contributed by atoms with E-state index in [2.05, 4.69) is 10.6 Å². The van der Waals surface area contributed by atoms with E-state index in [1.165, 1.54) is 4.90 Å². The summed E-state index contributed by atoms with van der Waals surface area (Å²) in [6.07, 6.45) is 1.55. The van der Waals surface area contributed by atoms with Crippen LogP contribution in [0.3, 0.4) is 0 Å². The molecular formula is C15H26N4O5. The zero-order valence-corrected chi connectivity index (χ0v) is 14.1. The molecule has 3 amide bonds. The maximum Gasteiger partial charge on any atom is 0.326 e. The highest BCUT2D eigenvalue weighted by atomic mass is 16.4. The monoisotopic (exact) mass is 342 g/mol. The number of aliphatic carboxylic acids is 1. The first-order chi connectivity index (χ1) is 11.2. The van der Waals surface area contributed by atoms with Crippen molar-refractivity contribution in [2.75, 3.05) is 19.6 Å². The van der Waals surface area contributed by atoms with Gasteiger partial charge in [-0.1, -0.05) is 13.8 Å². The van der Waals surface area contributed by atoms with Crippen LogP contribution in [0.4, 0.5) is 0 Å². The van der Waals surface area contributed by atoms with Crippen LogP contribution in [0.15, 0.2) is 0 Å². The SMILES string of the molecule is CC(C)C[C@H](N)C(=O)NCC(=O)NCC(=O)N1CCC[C@H]1C(=O)O. The summed E-state index contributed by atoms with van der Waals surface area (Å²) < 4.78 is 0. The molecule has 1 heterocycles. The van der Waals surface area contributed by atoms with Crippen molar-refractivity contribution in [3.8, 4) is 0 Å². The molecule has 136 valence electrons. The van der Waals surface area contributed by atoms with E-state index in [-0.39, 0.29) is 19.0 Å². The van der Waals surface area contributed by atoms with Gasteiger partial charge in [-0.3, -0.25) is 14.4 Å². The van der Waals surface area contributed by atoms with Crippen LogP contribution in [0.5, 0.6) is 0 Å². The Kier molecular flexibility index (Phi) is 7.63. The molecule has 0 spiro atoms. The van der Waals surface area contributed by atoms with Crippen LogP contribution in [0.1, 0.15) is 33.1 Å². The molecule has 1 saturated heterocycles. The van der Waals surface area contributed by atoms with Crippen LogP contribution in [0.25, 0.3) is 0 Å². The number of likely N-dealkylation sites (tertiary alicyclic amines) is 1. The number of rotatable bonds is 8. The number of nitrogens with one attached hydrogen (secondary N) is 2. The highest BCUT2D eigenvalue weighted by Crippen LogP contribution is 2.17. The molecule has 1 aliphatic rings. The smallest absolute Gasteiger partial charge is 0.326 e. The van der Waals surface area contributed by atoms with E-state index < -0.39 is 35.8 Å². The van der Waals surface area contributed by atoms with Gasteiger partial charge in [-0.15, -0.1) is 0 Å². The summed E-state index contributed by atoms with van der Waals surface area (Å²) in [5.74, 6) is -2.18. The fourth-order valence-electron chi connectivity index (χ4n) is 2.57. The lowest BCUT2D eigenvalue weighted by molar-refractivity contribution is -0.148. The van der Waals surface area contributed by atoms with Crippen LogP contribution in [-0.2, 0) is 19.2 Å². The van der Waals surface area contributed by atoms with E-state index in [4.69, 9.17) is 10.8 Å². The lowest BCUT2D eigenvalue weighted by Crippen LogP contribution is -2.48. The molecule has 0 radical (unpaired) electrons. The van der Waals surface area contributed by atoms with Crippen molar-refractivity contribution in [2.45, 2.75) is 45.2 Å². The number of hydrogen-bond donors (Lipinski definition) is 4. The quantitative estimate of drug-likeness (QED) is 0.430. The third-order valence-corrected chi connectivity index (χ3v) is 3.78. The molecule has 9 nitrogen and oxygen atoms in total. The Morgan fingerprint density at radius 3 is 2.46 bits per heavy atom. The number of amides is 3. The minimum absolute atomic E-state index is 0.264. The van der Waals surface area contributed by atoms with Crippen molar-refractivity contribution in [2.24, 2.45) is 11.7 Å². The number of hydrogen-bond acceptors (Lipinski definition) is 5. The molecule has 5 N–H and O–H groups in total. The van der Waals surface area contributed by atoms with Gasteiger partial charge in [-0.05, 0) is 25.2 Å². The van der Waals surface area contributed by atoms with Crippen molar-refractivity contribution in [1.29, 1.82) is 0 Å². The summed E-state index contributed by atoms with van der Waals surface area (Å²) in [6.45, 7) is 3.67. The van der Waals surface area contributed by atoms with Crippen molar-refractivity contribution in [3.05, 3.63) is 0 Å². The molecular weight excluding hydrogens is 316 g/mol. The fraction of sp³-hybridized carbons (Fsp3) is 0.733. The second-order valence-electron chi connectivity index (χ2n) is 6.31. The van der Waals surface area contributed by atoms with Gasteiger partial charge < -0.3 is 26.4 Å². The van der Waals surface area contributed by atoms with Gasteiger partial charge in [0.15, 0.2) is 0 Å². The number of carbonyl (C=O) groups excluding carboxylic acids is 3. The minimum atomic E-state index is -1.04. The Labute approximate surface area is 140 Å². The predicted octanol–water partition coefficient (Wildman–Crippen LogP) is -1.33. The largest absolute Gasteiger partial charge is 0.480 e. The van der Waals surface area contributed by atoms with E-state index in [9.17, 15) is 19.2 Å². The first-order valence-corrected chi connectivity index (χ1v) is 8.04. The average molecular weight is 342 g/mol. The van der Waals surface area contributed by atoms with Gasteiger partial charge in [0.05, 0.1) is 19.1 Å². The number of nitrogens with zero attached hydrogens (tertiary/aromatic N) is 1. The van der Waals surface area contributed by atoms with Crippen molar-refractivity contribution < 1.29 is 24.3 Å². The van der Waals surface area contributed by atoms with Gasteiger partial charge in [0.25, 0.3) is 0 Å². The Hall–Kier alpha value is -2.16. The highest BCUT2D eigenvalue weighted by Gasteiger charge is 2.33. The molecule has 1 aliphatic heterocycles. The van der Waals surface area contributed by atoms with Crippen molar-refractivity contribution >= 4 is 23.7 Å². The minimum Gasteiger partial charge on any atom is -0.480 e.